The summed E-state index contributed by atoms with van der Waals surface area (Å²) in [5.74, 6) is 0. The zero-order valence-corrected chi connectivity index (χ0v) is 41.3. The van der Waals surface area contributed by atoms with E-state index in [1.807, 2.05) is 0 Å². The quantitative estimate of drug-likeness (QED) is 0.0926. The topological polar surface area (TPSA) is 8.17 Å². The predicted octanol–water partition coefficient (Wildman–Crippen LogP) is 15.8. The van der Waals surface area contributed by atoms with Gasteiger partial charge in [0.15, 0.2) is 8.07 Å². The Bertz CT molecular complexity index is 3940. The van der Waals surface area contributed by atoms with Crippen LogP contribution in [-0.4, -0.2) is 12.6 Å². The van der Waals surface area contributed by atoms with Crippen molar-refractivity contribution in [1.29, 1.82) is 0 Å². The van der Waals surface area contributed by atoms with E-state index >= 15 is 0 Å². The van der Waals surface area contributed by atoms with E-state index in [4.69, 9.17) is 0 Å². The number of aromatic nitrogens is 1. The molecular formula is C70H50N2Si. The van der Waals surface area contributed by atoms with Gasteiger partial charge in [0.1, 0.15) is 0 Å². The molecule has 0 radical (unpaired) electrons. The molecular weight excluding hydrogens is 897 g/mol. The van der Waals surface area contributed by atoms with Crippen molar-refractivity contribution in [3.8, 4) is 39.1 Å². The van der Waals surface area contributed by atoms with Crippen LogP contribution >= 0.6 is 0 Å². The second kappa shape index (κ2) is 18.8. The van der Waals surface area contributed by atoms with Gasteiger partial charge in [-0.2, -0.15) is 0 Å². The van der Waals surface area contributed by atoms with Crippen molar-refractivity contribution < 1.29 is 0 Å². The highest BCUT2D eigenvalue weighted by molar-refractivity contribution is 7.19. The van der Waals surface area contributed by atoms with Gasteiger partial charge in [-0.05, 0) is 126 Å². The summed E-state index contributed by atoms with van der Waals surface area (Å²) < 4.78 is 2.40. The Morgan fingerprint density at radius 2 is 0.726 bits per heavy atom. The van der Waals surface area contributed by atoms with Gasteiger partial charge in [0, 0.05) is 33.5 Å². The standard InChI is InChI=1S/C70H50N2Si/c1-5-23-56(24-6-1)72-68-36-16-15-33-67(68)70-66(35-19-37-69(70)72)55-22-17-25-59(50-55)71(57-44-42-52(43-45-57)51-38-40-54(41-39-51)65-34-18-21-53-20-13-14-32-64(53)65)58-46-48-63(49-47-58)73(60-26-7-2-8-27-60,61-28-9-3-10-29-61)62-30-11-4-12-31-62/h1-50H. The molecule has 1 heterocycles. The molecule has 0 N–H and O–H groups in total. The Morgan fingerprint density at radius 3 is 1.37 bits per heavy atom. The smallest absolute Gasteiger partial charge is 0.179 e. The van der Waals surface area contributed by atoms with Crippen molar-refractivity contribution in [2.75, 3.05) is 4.90 Å². The van der Waals surface area contributed by atoms with Gasteiger partial charge < -0.3 is 9.47 Å². The van der Waals surface area contributed by atoms with Gasteiger partial charge in [0.25, 0.3) is 0 Å². The Balaban J connectivity index is 0.948. The summed E-state index contributed by atoms with van der Waals surface area (Å²) in [5.41, 5.74) is 14.0. The average Bonchev–Trinajstić information content (AvgIpc) is 3.82. The zero-order chi connectivity index (χ0) is 48.6. The summed E-state index contributed by atoms with van der Waals surface area (Å²) in [6.45, 7) is 0. The maximum absolute atomic E-state index is 2.75. The maximum atomic E-state index is 2.42. The minimum absolute atomic E-state index is 1.08. The number of fused-ring (bicyclic) bond motifs is 4. The number of anilines is 3. The molecule has 0 bridgehead atoms. The van der Waals surface area contributed by atoms with Crippen LogP contribution in [0, 0.1) is 0 Å². The molecule has 0 saturated carbocycles. The fraction of sp³-hybridized carbons (Fsp3) is 0. The first-order valence-corrected chi connectivity index (χ1v) is 27.2. The highest BCUT2D eigenvalue weighted by Gasteiger charge is 2.41. The first-order valence-electron chi connectivity index (χ1n) is 25.2. The number of rotatable bonds is 11. The van der Waals surface area contributed by atoms with Crippen LogP contribution in [0.2, 0.25) is 0 Å². The predicted molar refractivity (Wildman–Crippen MR) is 313 cm³/mol. The van der Waals surface area contributed by atoms with Crippen LogP contribution < -0.4 is 25.6 Å². The van der Waals surface area contributed by atoms with Crippen LogP contribution in [0.4, 0.5) is 17.1 Å². The molecule has 13 aromatic rings. The molecule has 0 saturated heterocycles. The van der Waals surface area contributed by atoms with Crippen LogP contribution in [-0.2, 0) is 0 Å². The molecule has 0 spiro atoms. The minimum Gasteiger partial charge on any atom is -0.310 e. The van der Waals surface area contributed by atoms with Gasteiger partial charge in [0.2, 0.25) is 0 Å². The third-order valence-corrected chi connectivity index (χ3v) is 19.5. The van der Waals surface area contributed by atoms with Crippen molar-refractivity contribution in [1.82, 2.24) is 4.57 Å². The van der Waals surface area contributed by atoms with Crippen LogP contribution in [0.5, 0.6) is 0 Å². The lowest BCUT2D eigenvalue weighted by atomic mass is 9.96. The summed E-state index contributed by atoms with van der Waals surface area (Å²) in [6.07, 6.45) is 0. The number of hydrogen-bond acceptors (Lipinski definition) is 1. The molecule has 0 amide bonds. The molecule has 12 aromatic carbocycles. The van der Waals surface area contributed by atoms with Crippen molar-refractivity contribution in [3.63, 3.8) is 0 Å². The molecule has 2 nitrogen and oxygen atoms in total. The van der Waals surface area contributed by atoms with E-state index in [2.05, 4.69) is 313 Å². The van der Waals surface area contributed by atoms with Crippen molar-refractivity contribution >= 4 is 78.5 Å². The van der Waals surface area contributed by atoms with Gasteiger partial charge in [-0.3, -0.25) is 0 Å². The van der Waals surface area contributed by atoms with Crippen LogP contribution in [0.25, 0.3) is 71.6 Å². The second-order valence-electron chi connectivity index (χ2n) is 18.8. The highest BCUT2D eigenvalue weighted by atomic mass is 28.3. The summed E-state index contributed by atoms with van der Waals surface area (Å²) in [5, 5.41) is 10.4. The molecule has 0 atom stereocenters. The van der Waals surface area contributed by atoms with Gasteiger partial charge in [-0.1, -0.05) is 243 Å². The Hall–Kier alpha value is -9.28. The van der Waals surface area contributed by atoms with E-state index in [0.717, 1.165) is 28.3 Å². The van der Waals surface area contributed by atoms with Crippen LogP contribution in [0.1, 0.15) is 0 Å². The SMILES string of the molecule is c1ccc(-n2c3ccccc3c3c(-c4cccc(N(c5ccc(-c6ccc(-c7cccc8ccccc78)cc6)cc5)c5ccc([Si](c6ccccc6)(c6ccccc6)c6ccccc6)cc5)c4)cccc32)cc1. The van der Waals surface area contributed by atoms with Crippen LogP contribution in [0.15, 0.2) is 303 Å². The van der Waals surface area contributed by atoms with Crippen molar-refractivity contribution in [3.05, 3.63) is 303 Å². The average molecular weight is 947 g/mol. The lowest BCUT2D eigenvalue weighted by Gasteiger charge is -2.35. The van der Waals surface area contributed by atoms with Gasteiger partial charge in [-0.25, -0.2) is 0 Å². The molecule has 344 valence electrons. The van der Waals surface area contributed by atoms with Crippen LogP contribution in [0.3, 0.4) is 0 Å². The summed E-state index contributed by atoms with van der Waals surface area (Å²) in [7, 11) is -2.75. The third-order valence-electron chi connectivity index (χ3n) is 14.8. The normalized spacial score (nSPS) is 11.6. The summed E-state index contributed by atoms with van der Waals surface area (Å²) >= 11 is 0. The summed E-state index contributed by atoms with van der Waals surface area (Å²) in [4.78, 5) is 2.42. The largest absolute Gasteiger partial charge is 0.310 e. The molecule has 0 aliphatic carbocycles. The van der Waals surface area contributed by atoms with E-state index in [1.54, 1.807) is 0 Å². The lowest BCUT2D eigenvalue weighted by molar-refractivity contribution is 1.18. The molecule has 13 rings (SSSR count). The van der Waals surface area contributed by atoms with E-state index in [0.29, 0.717) is 0 Å². The molecule has 0 fully saturated rings. The van der Waals surface area contributed by atoms with E-state index in [1.165, 1.54) is 81.1 Å². The number of nitrogens with zero attached hydrogens (tertiary/aromatic N) is 2. The maximum Gasteiger partial charge on any atom is 0.179 e. The molecule has 1 aromatic heterocycles. The zero-order valence-electron chi connectivity index (χ0n) is 40.3. The van der Waals surface area contributed by atoms with Crippen molar-refractivity contribution in [2.24, 2.45) is 0 Å². The van der Waals surface area contributed by atoms with Crippen molar-refractivity contribution in [2.45, 2.75) is 0 Å². The minimum atomic E-state index is -2.75. The Labute approximate surface area is 428 Å². The van der Waals surface area contributed by atoms with Gasteiger partial charge in [0.05, 0.1) is 11.0 Å². The van der Waals surface area contributed by atoms with Gasteiger partial charge in [-0.15, -0.1) is 0 Å². The van der Waals surface area contributed by atoms with E-state index in [9.17, 15) is 0 Å². The van der Waals surface area contributed by atoms with E-state index in [-0.39, 0.29) is 0 Å². The fourth-order valence-corrected chi connectivity index (χ4v) is 16.2. The number of benzene rings is 12. The molecule has 0 aliphatic rings. The highest BCUT2D eigenvalue weighted by Crippen LogP contribution is 2.42. The molecule has 3 heteroatoms. The first-order chi connectivity index (χ1) is 36.2. The lowest BCUT2D eigenvalue weighted by Crippen LogP contribution is -2.74. The molecule has 73 heavy (non-hydrogen) atoms. The van der Waals surface area contributed by atoms with E-state index < -0.39 is 8.07 Å². The second-order valence-corrected chi connectivity index (χ2v) is 22.6. The Morgan fingerprint density at radius 1 is 0.274 bits per heavy atom. The number of hydrogen-bond donors (Lipinski definition) is 0. The monoisotopic (exact) mass is 946 g/mol. The molecule has 0 unspecified atom stereocenters. The van der Waals surface area contributed by atoms with Gasteiger partial charge >= 0.3 is 0 Å². The number of para-hydroxylation sites is 2. The Kier molecular flexibility index (Phi) is 11.3. The first kappa shape index (κ1) is 43.7. The summed E-state index contributed by atoms with van der Waals surface area (Å²) in [6, 6.07) is 112. The fourth-order valence-electron chi connectivity index (χ4n) is 11.4. The molecule has 0 aliphatic heterocycles. The third kappa shape index (κ3) is 7.75.